The van der Waals surface area contributed by atoms with E-state index in [4.69, 9.17) is 5.73 Å². The van der Waals surface area contributed by atoms with Crippen LogP contribution in [0.15, 0.2) is 29.2 Å². The molecule has 0 saturated carbocycles. The Morgan fingerprint density at radius 2 is 2.12 bits per heavy atom. The molecule has 1 aromatic carbocycles. The Kier molecular flexibility index (Phi) is 4.16. The first kappa shape index (κ1) is 13.6. The molecule has 0 aliphatic carbocycles. The predicted molar refractivity (Wildman–Crippen MR) is 62.0 cm³/mol. The maximum absolute atomic E-state index is 11.9. The minimum Gasteiger partial charge on any atom is -0.329 e. The first-order valence-electron chi connectivity index (χ1n) is 4.80. The highest BCUT2D eigenvalue weighted by Crippen LogP contribution is 2.19. The maximum Gasteiger partial charge on any atom is 0.270 e. The van der Waals surface area contributed by atoms with E-state index in [2.05, 4.69) is 0 Å². The number of nitrogens with zero attached hydrogens (tertiary/aromatic N) is 2. The molecule has 0 aliphatic heterocycles. The van der Waals surface area contributed by atoms with E-state index < -0.39 is 14.9 Å². The van der Waals surface area contributed by atoms with Gasteiger partial charge in [-0.25, -0.2) is 8.42 Å². The van der Waals surface area contributed by atoms with E-state index >= 15 is 0 Å². The van der Waals surface area contributed by atoms with Gasteiger partial charge in [-0.15, -0.1) is 0 Å². The zero-order valence-electron chi connectivity index (χ0n) is 9.24. The number of hydrogen-bond donors (Lipinski definition) is 1. The van der Waals surface area contributed by atoms with Crippen LogP contribution in [0.25, 0.3) is 0 Å². The van der Waals surface area contributed by atoms with Crippen molar-refractivity contribution in [2.24, 2.45) is 5.73 Å². The topological polar surface area (TPSA) is 107 Å². The molecule has 0 saturated heterocycles. The number of non-ortho nitro benzene ring substituents is 1. The van der Waals surface area contributed by atoms with Crippen LogP contribution in [-0.2, 0) is 10.0 Å². The summed E-state index contributed by atoms with van der Waals surface area (Å²) in [5, 5.41) is 10.6. The molecule has 0 spiro atoms. The zero-order chi connectivity index (χ0) is 13.1. The summed E-state index contributed by atoms with van der Waals surface area (Å²) in [5.74, 6) is 0. The fraction of sp³-hybridized carbons (Fsp3) is 0.333. The first-order chi connectivity index (χ1) is 7.89. The summed E-state index contributed by atoms with van der Waals surface area (Å²) in [4.78, 5) is 9.81. The van der Waals surface area contributed by atoms with Crippen LogP contribution in [0.1, 0.15) is 0 Å². The molecule has 0 amide bonds. The quantitative estimate of drug-likeness (QED) is 0.599. The summed E-state index contributed by atoms with van der Waals surface area (Å²) < 4.78 is 25.0. The van der Waals surface area contributed by atoms with Crippen molar-refractivity contribution in [3.05, 3.63) is 34.4 Å². The van der Waals surface area contributed by atoms with Gasteiger partial charge in [0.1, 0.15) is 0 Å². The highest BCUT2D eigenvalue weighted by atomic mass is 32.2. The van der Waals surface area contributed by atoms with Crippen LogP contribution in [0.2, 0.25) is 0 Å². The lowest BCUT2D eigenvalue weighted by Crippen LogP contribution is -2.31. The lowest BCUT2D eigenvalue weighted by atomic mass is 10.3. The van der Waals surface area contributed by atoms with Crippen molar-refractivity contribution in [3.63, 3.8) is 0 Å². The number of hydrogen-bond acceptors (Lipinski definition) is 5. The second kappa shape index (κ2) is 5.21. The number of nitro benzene ring substituents is 1. The Hall–Kier alpha value is -1.51. The van der Waals surface area contributed by atoms with E-state index in [9.17, 15) is 18.5 Å². The van der Waals surface area contributed by atoms with Gasteiger partial charge in [-0.3, -0.25) is 10.1 Å². The monoisotopic (exact) mass is 259 g/mol. The standard InChI is InChI=1S/C9H13N3O4S/c1-11(6-5-10)17(15,16)9-4-2-3-8(7-9)12(13)14/h2-4,7H,5-6,10H2,1H3. The number of sulfonamides is 1. The van der Waals surface area contributed by atoms with Crippen LogP contribution >= 0.6 is 0 Å². The summed E-state index contributed by atoms with van der Waals surface area (Å²) in [6, 6.07) is 4.92. The molecule has 94 valence electrons. The average Bonchev–Trinajstić information content (AvgIpc) is 2.29. The summed E-state index contributed by atoms with van der Waals surface area (Å²) >= 11 is 0. The van der Waals surface area contributed by atoms with Crippen molar-refractivity contribution in [1.29, 1.82) is 0 Å². The van der Waals surface area contributed by atoms with Gasteiger partial charge in [-0.2, -0.15) is 4.31 Å². The molecule has 8 heteroatoms. The van der Waals surface area contributed by atoms with Gasteiger partial charge in [0.05, 0.1) is 9.82 Å². The smallest absolute Gasteiger partial charge is 0.270 e. The molecule has 0 fully saturated rings. The van der Waals surface area contributed by atoms with Gasteiger partial charge in [-0.1, -0.05) is 6.07 Å². The number of nitro groups is 1. The van der Waals surface area contributed by atoms with Crippen molar-refractivity contribution in [1.82, 2.24) is 4.31 Å². The summed E-state index contributed by atoms with van der Waals surface area (Å²) in [6.45, 7) is 0.343. The first-order valence-corrected chi connectivity index (χ1v) is 6.24. The van der Waals surface area contributed by atoms with E-state index in [-0.39, 0.29) is 23.7 Å². The molecule has 2 N–H and O–H groups in total. The van der Waals surface area contributed by atoms with Crippen LogP contribution < -0.4 is 5.73 Å². The van der Waals surface area contributed by atoms with Gasteiger partial charge in [0.15, 0.2) is 0 Å². The third-order valence-corrected chi connectivity index (χ3v) is 4.03. The Bertz CT molecular complexity index is 515. The van der Waals surface area contributed by atoms with E-state index in [0.29, 0.717) is 0 Å². The van der Waals surface area contributed by atoms with Gasteiger partial charge in [0.2, 0.25) is 10.0 Å². The van der Waals surface area contributed by atoms with Crippen LogP contribution in [0.5, 0.6) is 0 Å². The summed E-state index contributed by atoms with van der Waals surface area (Å²) in [5.41, 5.74) is 5.01. The normalized spacial score (nSPS) is 11.7. The van der Waals surface area contributed by atoms with Crippen molar-refractivity contribution < 1.29 is 13.3 Å². The minimum atomic E-state index is -3.71. The third-order valence-electron chi connectivity index (χ3n) is 2.18. The highest BCUT2D eigenvalue weighted by molar-refractivity contribution is 7.89. The molecule has 0 heterocycles. The minimum absolute atomic E-state index is 0.109. The molecule has 0 bridgehead atoms. The van der Waals surface area contributed by atoms with Crippen molar-refractivity contribution in [2.45, 2.75) is 4.90 Å². The molecule has 17 heavy (non-hydrogen) atoms. The molecular weight excluding hydrogens is 246 g/mol. The Morgan fingerprint density at radius 3 is 2.65 bits per heavy atom. The van der Waals surface area contributed by atoms with Crippen LogP contribution in [0.3, 0.4) is 0 Å². The second-order valence-electron chi connectivity index (χ2n) is 3.37. The molecule has 0 atom stereocenters. The number of nitrogens with two attached hydrogens (primary N) is 1. The largest absolute Gasteiger partial charge is 0.329 e. The summed E-state index contributed by atoms with van der Waals surface area (Å²) in [6.07, 6.45) is 0. The van der Waals surface area contributed by atoms with E-state index in [1.165, 1.54) is 25.2 Å². The van der Waals surface area contributed by atoms with Gasteiger partial charge in [0.25, 0.3) is 5.69 Å². The molecule has 0 aromatic heterocycles. The molecule has 1 aromatic rings. The van der Waals surface area contributed by atoms with Crippen molar-refractivity contribution >= 4 is 15.7 Å². The molecule has 7 nitrogen and oxygen atoms in total. The van der Waals surface area contributed by atoms with Gasteiger partial charge in [0, 0.05) is 32.3 Å². The third kappa shape index (κ3) is 2.99. The second-order valence-corrected chi connectivity index (χ2v) is 5.41. The predicted octanol–water partition coefficient (Wildman–Crippen LogP) is 0.174. The Labute approximate surface area is 99.0 Å². The average molecular weight is 259 g/mol. The van der Waals surface area contributed by atoms with Crippen molar-refractivity contribution in [2.75, 3.05) is 20.1 Å². The van der Waals surface area contributed by atoms with Gasteiger partial charge < -0.3 is 5.73 Å². The molecule has 0 radical (unpaired) electrons. The SMILES string of the molecule is CN(CCN)S(=O)(=O)c1cccc([N+](=O)[O-])c1. The highest BCUT2D eigenvalue weighted by Gasteiger charge is 2.21. The number of benzene rings is 1. The maximum atomic E-state index is 11.9. The lowest BCUT2D eigenvalue weighted by Gasteiger charge is -2.15. The van der Waals surface area contributed by atoms with Crippen LogP contribution in [-0.4, -0.2) is 37.8 Å². The lowest BCUT2D eigenvalue weighted by molar-refractivity contribution is -0.385. The van der Waals surface area contributed by atoms with Crippen LogP contribution in [0.4, 0.5) is 5.69 Å². The molecule has 0 unspecified atom stereocenters. The Balaban J connectivity index is 3.15. The zero-order valence-corrected chi connectivity index (χ0v) is 10.1. The van der Waals surface area contributed by atoms with E-state index in [1.54, 1.807) is 0 Å². The molecule has 1 rings (SSSR count). The fourth-order valence-electron chi connectivity index (χ4n) is 1.24. The van der Waals surface area contributed by atoms with E-state index in [0.717, 1.165) is 10.4 Å². The van der Waals surface area contributed by atoms with Gasteiger partial charge in [-0.05, 0) is 6.07 Å². The Morgan fingerprint density at radius 1 is 1.47 bits per heavy atom. The summed E-state index contributed by atoms with van der Waals surface area (Å²) in [7, 11) is -2.33. The number of rotatable bonds is 5. The number of likely N-dealkylation sites (N-methyl/N-ethyl adjacent to an activating group) is 1. The van der Waals surface area contributed by atoms with Crippen molar-refractivity contribution in [3.8, 4) is 0 Å². The van der Waals surface area contributed by atoms with Crippen LogP contribution in [0, 0.1) is 10.1 Å². The van der Waals surface area contributed by atoms with Gasteiger partial charge >= 0.3 is 0 Å². The van der Waals surface area contributed by atoms with E-state index in [1.807, 2.05) is 0 Å². The molecular formula is C9H13N3O4S. The fourth-order valence-corrected chi connectivity index (χ4v) is 2.47. The molecule has 0 aliphatic rings.